The first-order valence-electron chi connectivity index (χ1n) is 5.06. The Morgan fingerprint density at radius 3 is 2.47 bits per heavy atom. The summed E-state index contributed by atoms with van der Waals surface area (Å²) < 4.78 is 0. The highest BCUT2D eigenvalue weighted by Gasteiger charge is 2.35. The second-order valence-corrected chi connectivity index (χ2v) is 4.17. The normalized spacial score (nSPS) is 21.3. The summed E-state index contributed by atoms with van der Waals surface area (Å²) in [5.74, 6) is 0. The van der Waals surface area contributed by atoms with Crippen LogP contribution in [0.15, 0.2) is 0 Å². The second-order valence-electron chi connectivity index (χ2n) is 4.17. The minimum atomic E-state index is -1.30. The van der Waals surface area contributed by atoms with Crippen LogP contribution in [0.1, 0.15) is 12.8 Å². The van der Waals surface area contributed by atoms with Crippen LogP contribution in [0, 0.1) is 0 Å². The number of piperidine rings is 1. The van der Waals surface area contributed by atoms with Gasteiger partial charge in [-0.2, -0.15) is 5.06 Å². The van der Waals surface area contributed by atoms with Gasteiger partial charge < -0.3 is 15.3 Å². The van der Waals surface area contributed by atoms with Gasteiger partial charge in [0.1, 0.15) is 0 Å². The van der Waals surface area contributed by atoms with Crippen molar-refractivity contribution in [2.75, 3.05) is 33.7 Å². The van der Waals surface area contributed by atoms with Crippen LogP contribution in [0.2, 0.25) is 0 Å². The number of nitrogens with one attached hydrogen (secondary N) is 1. The summed E-state index contributed by atoms with van der Waals surface area (Å²) in [6.45, 7) is 1.94. The van der Waals surface area contributed by atoms with Crippen molar-refractivity contribution in [2.24, 2.45) is 0 Å². The van der Waals surface area contributed by atoms with E-state index in [0.717, 1.165) is 25.9 Å². The van der Waals surface area contributed by atoms with Gasteiger partial charge in [-0.05, 0) is 40.0 Å². The lowest BCUT2D eigenvalue weighted by molar-refractivity contribution is -0.0859. The molecule has 1 aliphatic rings. The summed E-state index contributed by atoms with van der Waals surface area (Å²) in [5, 5.41) is 21.3. The maximum Gasteiger partial charge on any atom is 0.431 e. The lowest BCUT2D eigenvalue weighted by atomic mass is 9.87. The molecule has 0 saturated carbocycles. The van der Waals surface area contributed by atoms with Crippen LogP contribution >= 0.6 is 0 Å². The summed E-state index contributed by atoms with van der Waals surface area (Å²) >= 11 is 0. The standard InChI is InChI=1S/C9H19N3O3/c1-10-9(7-12(15)8(13)14)3-5-11(2)6-4-9/h10,15H,3-7H2,1-2H3,(H,13,14). The van der Waals surface area contributed by atoms with E-state index < -0.39 is 6.09 Å². The zero-order valence-electron chi connectivity index (χ0n) is 9.23. The van der Waals surface area contributed by atoms with Gasteiger partial charge in [0.25, 0.3) is 0 Å². The average molecular weight is 217 g/mol. The summed E-state index contributed by atoms with van der Waals surface area (Å²) in [7, 11) is 3.84. The van der Waals surface area contributed by atoms with Crippen LogP contribution in [0.3, 0.4) is 0 Å². The fraction of sp³-hybridized carbons (Fsp3) is 0.889. The van der Waals surface area contributed by atoms with Crippen molar-refractivity contribution >= 4 is 6.09 Å². The molecule has 0 bridgehead atoms. The van der Waals surface area contributed by atoms with E-state index in [0.29, 0.717) is 5.06 Å². The Kier molecular flexibility index (Phi) is 3.90. The number of carbonyl (C=O) groups is 1. The largest absolute Gasteiger partial charge is 0.463 e. The lowest BCUT2D eigenvalue weighted by Crippen LogP contribution is -2.57. The molecule has 1 aliphatic heterocycles. The van der Waals surface area contributed by atoms with E-state index in [1.54, 1.807) is 7.05 Å². The van der Waals surface area contributed by atoms with Gasteiger partial charge in [0, 0.05) is 5.54 Å². The van der Waals surface area contributed by atoms with Gasteiger partial charge in [0.15, 0.2) is 0 Å². The van der Waals surface area contributed by atoms with Crippen LogP contribution in [0.25, 0.3) is 0 Å². The molecule has 1 amide bonds. The van der Waals surface area contributed by atoms with Crippen LogP contribution in [-0.4, -0.2) is 65.6 Å². The molecular formula is C9H19N3O3. The summed E-state index contributed by atoms with van der Waals surface area (Å²) in [6.07, 6.45) is 0.373. The van der Waals surface area contributed by atoms with E-state index in [9.17, 15) is 10.0 Å². The predicted octanol–water partition coefficient (Wildman–Crippen LogP) is 0.0394. The quantitative estimate of drug-likeness (QED) is 0.459. The Labute approximate surface area is 89.4 Å². The third kappa shape index (κ3) is 3.05. The third-order valence-electron chi connectivity index (χ3n) is 3.15. The first-order chi connectivity index (χ1) is 6.99. The third-order valence-corrected chi connectivity index (χ3v) is 3.15. The van der Waals surface area contributed by atoms with Crippen molar-refractivity contribution in [2.45, 2.75) is 18.4 Å². The number of hydrogen-bond acceptors (Lipinski definition) is 4. The van der Waals surface area contributed by atoms with Gasteiger partial charge in [-0.1, -0.05) is 0 Å². The molecule has 1 saturated heterocycles. The van der Waals surface area contributed by atoms with Crippen molar-refractivity contribution in [3.8, 4) is 0 Å². The molecule has 0 unspecified atom stereocenters. The van der Waals surface area contributed by atoms with Crippen LogP contribution in [-0.2, 0) is 0 Å². The number of hydroxylamine groups is 2. The summed E-state index contributed by atoms with van der Waals surface area (Å²) in [5.41, 5.74) is -0.292. The molecule has 0 aromatic carbocycles. The molecule has 0 spiro atoms. The van der Waals surface area contributed by atoms with E-state index in [2.05, 4.69) is 10.2 Å². The fourth-order valence-electron chi connectivity index (χ4n) is 1.89. The SMILES string of the molecule is CNC1(CN(O)C(=O)O)CCN(C)CC1. The average Bonchev–Trinajstić information content (AvgIpc) is 2.21. The molecule has 0 aromatic heterocycles. The Morgan fingerprint density at radius 2 is 2.07 bits per heavy atom. The molecule has 6 nitrogen and oxygen atoms in total. The molecule has 1 fully saturated rings. The lowest BCUT2D eigenvalue weighted by Gasteiger charge is -2.41. The zero-order chi connectivity index (χ0) is 11.5. The van der Waals surface area contributed by atoms with E-state index in [1.807, 2.05) is 7.05 Å². The Hall–Kier alpha value is -0.850. The van der Waals surface area contributed by atoms with Crippen molar-refractivity contribution in [1.29, 1.82) is 0 Å². The predicted molar refractivity (Wildman–Crippen MR) is 55.0 cm³/mol. The van der Waals surface area contributed by atoms with E-state index in [4.69, 9.17) is 5.11 Å². The summed E-state index contributed by atoms with van der Waals surface area (Å²) in [4.78, 5) is 12.7. The molecule has 0 aromatic rings. The number of carboxylic acid groups (broad SMARTS) is 1. The number of amides is 1. The molecule has 3 N–H and O–H groups in total. The van der Waals surface area contributed by atoms with Crippen molar-refractivity contribution < 1.29 is 15.1 Å². The molecule has 1 heterocycles. The molecule has 15 heavy (non-hydrogen) atoms. The van der Waals surface area contributed by atoms with Gasteiger partial charge in [0.2, 0.25) is 0 Å². The number of rotatable bonds is 3. The fourth-order valence-corrected chi connectivity index (χ4v) is 1.89. The van der Waals surface area contributed by atoms with Gasteiger partial charge in [-0.25, -0.2) is 4.79 Å². The molecule has 88 valence electrons. The number of hydrogen-bond donors (Lipinski definition) is 3. The molecule has 0 atom stereocenters. The number of likely N-dealkylation sites (N-methyl/N-ethyl adjacent to an activating group) is 1. The van der Waals surface area contributed by atoms with Crippen molar-refractivity contribution in [3.63, 3.8) is 0 Å². The molecule has 0 radical (unpaired) electrons. The van der Waals surface area contributed by atoms with Crippen molar-refractivity contribution in [3.05, 3.63) is 0 Å². The van der Waals surface area contributed by atoms with Crippen LogP contribution in [0.5, 0.6) is 0 Å². The highest BCUT2D eigenvalue weighted by molar-refractivity contribution is 5.63. The Bertz CT molecular complexity index is 227. The highest BCUT2D eigenvalue weighted by Crippen LogP contribution is 2.21. The van der Waals surface area contributed by atoms with Gasteiger partial charge in [-0.15, -0.1) is 0 Å². The number of likely N-dealkylation sites (tertiary alicyclic amines) is 1. The molecule has 1 rings (SSSR count). The minimum absolute atomic E-state index is 0.118. The van der Waals surface area contributed by atoms with E-state index in [1.165, 1.54) is 0 Å². The maximum atomic E-state index is 10.5. The first-order valence-corrected chi connectivity index (χ1v) is 5.06. The maximum absolute atomic E-state index is 10.5. The smallest absolute Gasteiger partial charge is 0.431 e. The highest BCUT2D eigenvalue weighted by atomic mass is 16.6. The van der Waals surface area contributed by atoms with Crippen LogP contribution < -0.4 is 5.32 Å². The number of nitrogens with zero attached hydrogens (tertiary/aromatic N) is 2. The van der Waals surface area contributed by atoms with E-state index >= 15 is 0 Å². The Morgan fingerprint density at radius 1 is 1.53 bits per heavy atom. The summed E-state index contributed by atoms with van der Waals surface area (Å²) in [6, 6.07) is 0. The molecule has 6 heteroatoms. The van der Waals surface area contributed by atoms with Gasteiger partial charge in [0.05, 0.1) is 6.54 Å². The molecular weight excluding hydrogens is 198 g/mol. The monoisotopic (exact) mass is 217 g/mol. The zero-order valence-corrected chi connectivity index (χ0v) is 9.23. The van der Waals surface area contributed by atoms with Crippen LogP contribution in [0.4, 0.5) is 4.79 Å². The van der Waals surface area contributed by atoms with Gasteiger partial charge in [-0.3, -0.25) is 5.21 Å². The van der Waals surface area contributed by atoms with Crippen molar-refractivity contribution in [1.82, 2.24) is 15.3 Å². The molecule has 0 aliphatic carbocycles. The first kappa shape index (κ1) is 12.2. The van der Waals surface area contributed by atoms with E-state index in [-0.39, 0.29) is 12.1 Å². The Balaban J connectivity index is 2.57. The second kappa shape index (κ2) is 4.78. The minimum Gasteiger partial charge on any atom is -0.463 e. The van der Waals surface area contributed by atoms with Gasteiger partial charge >= 0.3 is 6.09 Å². The topological polar surface area (TPSA) is 76.0 Å².